The molecule has 0 aliphatic carbocycles. The summed E-state index contributed by atoms with van der Waals surface area (Å²) in [7, 11) is 0. The van der Waals surface area contributed by atoms with Crippen molar-refractivity contribution in [3.05, 3.63) is 24.3 Å². The maximum absolute atomic E-state index is 9.35. The molecule has 0 amide bonds. The number of para-hydroxylation sites is 1. The molecule has 20 heavy (non-hydrogen) atoms. The molecule has 5 heteroatoms. The van der Waals surface area contributed by atoms with Crippen LogP contribution in [0.15, 0.2) is 24.3 Å². The highest BCUT2D eigenvalue weighted by atomic mass is 16.3. The number of rotatable bonds is 7. The maximum Gasteiger partial charge on any atom is 0.225 e. The van der Waals surface area contributed by atoms with Gasteiger partial charge in [0, 0.05) is 11.9 Å². The van der Waals surface area contributed by atoms with E-state index in [-0.39, 0.29) is 12.6 Å². The lowest BCUT2D eigenvalue weighted by Gasteiger charge is -2.17. The van der Waals surface area contributed by atoms with E-state index >= 15 is 0 Å². The molecule has 1 atom stereocenters. The van der Waals surface area contributed by atoms with Gasteiger partial charge in [0.2, 0.25) is 5.95 Å². The number of aliphatic hydroxyl groups is 1. The lowest BCUT2D eigenvalue weighted by molar-refractivity contribution is 0.271. The number of nitrogens with one attached hydrogen (secondary N) is 2. The van der Waals surface area contributed by atoms with Crippen LogP contribution in [0.25, 0.3) is 10.9 Å². The van der Waals surface area contributed by atoms with Crippen LogP contribution in [0.1, 0.15) is 26.7 Å². The number of hydrogen-bond donors (Lipinski definition) is 3. The number of hydrogen-bond acceptors (Lipinski definition) is 5. The third-order valence-electron chi connectivity index (χ3n) is 3.19. The largest absolute Gasteiger partial charge is 0.394 e. The van der Waals surface area contributed by atoms with Gasteiger partial charge in [0.25, 0.3) is 0 Å². The first kappa shape index (κ1) is 14.5. The van der Waals surface area contributed by atoms with E-state index in [0.29, 0.717) is 5.95 Å². The predicted molar refractivity (Wildman–Crippen MR) is 83.1 cm³/mol. The van der Waals surface area contributed by atoms with Crippen molar-refractivity contribution in [2.45, 2.75) is 32.7 Å². The van der Waals surface area contributed by atoms with E-state index in [9.17, 15) is 5.11 Å². The zero-order valence-corrected chi connectivity index (χ0v) is 12.1. The first-order chi connectivity index (χ1) is 9.78. The van der Waals surface area contributed by atoms with Crippen LogP contribution >= 0.6 is 0 Å². The van der Waals surface area contributed by atoms with Crippen LogP contribution in [-0.2, 0) is 0 Å². The first-order valence-electron chi connectivity index (χ1n) is 7.16. The molecule has 2 aromatic rings. The Morgan fingerprint density at radius 1 is 1.20 bits per heavy atom. The molecule has 0 saturated heterocycles. The number of benzene rings is 1. The van der Waals surface area contributed by atoms with E-state index in [0.717, 1.165) is 36.1 Å². The third kappa shape index (κ3) is 3.36. The molecular formula is C15H22N4O. The minimum Gasteiger partial charge on any atom is -0.394 e. The number of anilines is 2. The van der Waals surface area contributed by atoms with E-state index in [1.54, 1.807) is 0 Å². The second kappa shape index (κ2) is 7.05. The van der Waals surface area contributed by atoms with Gasteiger partial charge in [-0.3, -0.25) is 0 Å². The molecule has 0 radical (unpaired) electrons. The number of aromatic nitrogens is 2. The molecule has 1 heterocycles. The van der Waals surface area contributed by atoms with Crippen molar-refractivity contribution < 1.29 is 5.11 Å². The molecule has 1 aromatic heterocycles. The summed E-state index contributed by atoms with van der Waals surface area (Å²) >= 11 is 0. The quantitative estimate of drug-likeness (QED) is 0.724. The van der Waals surface area contributed by atoms with Gasteiger partial charge in [-0.25, -0.2) is 4.98 Å². The summed E-state index contributed by atoms with van der Waals surface area (Å²) < 4.78 is 0. The van der Waals surface area contributed by atoms with E-state index in [1.165, 1.54) is 0 Å². The number of fused-ring (bicyclic) bond motifs is 1. The lowest BCUT2D eigenvalue weighted by Crippen LogP contribution is -2.23. The highest BCUT2D eigenvalue weighted by Gasteiger charge is 2.11. The molecule has 0 bridgehead atoms. The monoisotopic (exact) mass is 274 g/mol. The molecule has 1 aromatic carbocycles. The van der Waals surface area contributed by atoms with Gasteiger partial charge in [-0.2, -0.15) is 4.98 Å². The Morgan fingerprint density at radius 2 is 2.00 bits per heavy atom. The summed E-state index contributed by atoms with van der Waals surface area (Å²) in [5.41, 5.74) is 0.899. The Morgan fingerprint density at radius 3 is 2.70 bits per heavy atom. The van der Waals surface area contributed by atoms with E-state index in [4.69, 9.17) is 0 Å². The van der Waals surface area contributed by atoms with Crippen molar-refractivity contribution in [1.29, 1.82) is 0 Å². The molecular weight excluding hydrogens is 252 g/mol. The van der Waals surface area contributed by atoms with Gasteiger partial charge in [-0.1, -0.05) is 26.0 Å². The smallest absolute Gasteiger partial charge is 0.225 e. The van der Waals surface area contributed by atoms with Gasteiger partial charge >= 0.3 is 0 Å². The second-order valence-corrected chi connectivity index (χ2v) is 4.77. The minimum atomic E-state index is 0.00679. The maximum atomic E-state index is 9.35. The fraction of sp³-hybridized carbons (Fsp3) is 0.467. The molecule has 0 saturated carbocycles. The molecule has 0 spiro atoms. The fourth-order valence-corrected chi connectivity index (χ4v) is 1.97. The standard InChI is InChI=1S/C15H22N4O/c1-3-9-16-15-18-13-8-6-5-7-12(13)14(19-15)17-11(4-2)10-20/h5-8,11,20H,3-4,9-10H2,1-2H3,(H2,16,17,18,19). The Balaban J connectivity index is 2.38. The van der Waals surface area contributed by atoms with Gasteiger partial charge in [0.05, 0.1) is 18.2 Å². The van der Waals surface area contributed by atoms with Gasteiger partial charge in [0.1, 0.15) is 5.82 Å². The van der Waals surface area contributed by atoms with E-state index in [2.05, 4.69) is 27.5 Å². The summed E-state index contributed by atoms with van der Waals surface area (Å²) in [4.78, 5) is 9.04. The summed E-state index contributed by atoms with van der Waals surface area (Å²) in [5.74, 6) is 1.40. The van der Waals surface area contributed by atoms with Crippen LogP contribution in [0.4, 0.5) is 11.8 Å². The summed E-state index contributed by atoms with van der Waals surface area (Å²) in [6, 6.07) is 7.90. The van der Waals surface area contributed by atoms with E-state index in [1.807, 2.05) is 31.2 Å². The zero-order valence-electron chi connectivity index (χ0n) is 12.1. The van der Waals surface area contributed by atoms with Crippen LogP contribution in [0.3, 0.4) is 0 Å². The second-order valence-electron chi connectivity index (χ2n) is 4.77. The number of nitrogens with zero attached hydrogens (tertiary/aromatic N) is 2. The molecule has 3 N–H and O–H groups in total. The zero-order chi connectivity index (χ0) is 14.4. The molecule has 0 aliphatic heterocycles. The van der Waals surface area contributed by atoms with Crippen LogP contribution in [0.2, 0.25) is 0 Å². The lowest BCUT2D eigenvalue weighted by atomic mass is 10.2. The van der Waals surface area contributed by atoms with Gasteiger partial charge in [0.15, 0.2) is 0 Å². The minimum absolute atomic E-state index is 0.00679. The predicted octanol–water partition coefficient (Wildman–Crippen LogP) is 2.63. The normalized spacial score (nSPS) is 12.3. The van der Waals surface area contributed by atoms with Crippen LogP contribution in [-0.4, -0.2) is 34.3 Å². The SMILES string of the molecule is CCCNc1nc(NC(CC)CO)c2ccccc2n1. The van der Waals surface area contributed by atoms with Crippen LogP contribution in [0, 0.1) is 0 Å². The summed E-state index contributed by atoms with van der Waals surface area (Å²) in [6.45, 7) is 5.07. The fourth-order valence-electron chi connectivity index (χ4n) is 1.97. The highest BCUT2D eigenvalue weighted by Crippen LogP contribution is 2.22. The van der Waals surface area contributed by atoms with Crippen molar-refractivity contribution in [1.82, 2.24) is 9.97 Å². The average molecular weight is 274 g/mol. The molecule has 0 aliphatic rings. The molecule has 108 valence electrons. The Kier molecular flexibility index (Phi) is 5.12. The van der Waals surface area contributed by atoms with E-state index < -0.39 is 0 Å². The van der Waals surface area contributed by atoms with Crippen molar-refractivity contribution in [2.75, 3.05) is 23.8 Å². The first-order valence-corrected chi connectivity index (χ1v) is 7.16. The topological polar surface area (TPSA) is 70.1 Å². The molecule has 5 nitrogen and oxygen atoms in total. The van der Waals surface area contributed by atoms with Crippen molar-refractivity contribution in [3.8, 4) is 0 Å². The van der Waals surface area contributed by atoms with Gasteiger partial charge in [-0.05, 0) is 25.0 Å². The molecule has 0 fully saturated rings. The average Bonchev–Trinajstić information content (AvgIpc) is 2.50. The molecule has 1 unspecified atom stereocenters. The Bertz CT molecular complexity index is 555. The number of aliphatic hydroxyl groups excluding tert-OH is 1. The Labute approximate surface area is 119 Å². The Hall–Kier alpha value is -1.88. The van der Waals surface area contributed by atoms with Crippen molar-refractivity contribution >= 4 is 22.7 Å². The molecule has 2 rings (SSSR count). The summed E-state index contributed by atoms with van der Waals surface area (Å²) in [6.07, 6.45) is 1.86. The van der Waals surface area contributed by atoms with Gasteiger partial charge < -0.3 is 15.7 Å². The van der Waals surface area contributed by atoms with Crippen molar-refractivity contribution in [3.63, 3.8) is 0 Å². The summed E-state index contributed by atoms with van der Waals surface area (Å²) in [5, 5.41) is 16.8. The van der Waals surface area contributed by atoms with Crippen molar-refractivity contribution in [2.24, 2.45) is 0 Å². The third-order valence-corrected chi connectivity index (χ3v) is 3.19. The van der Waals surface area contributed by atoms with Crippen LogP contribution in [0.5, 0.6) is 0 Å². The van der Waals surface area contributed by atoms with Crippen LogP contribution < -0.4 is 10.6 Å². The van der Waals surface area contributed by atoms with Gasteiger partial charge in [-0.15, -0.1) is 0 Å². The highest BCUT2D eigenvalue weighted by molar-refractivity contribution is 5.90.